The van der Waals surface area contributed by atoms with Crippen molar-refractivity contribution in [1.82, 2.24) is 15.4 Å². The minimum atomic E-state index is -3.33. The van der Waals surface area contributed by atoms with Gasteiger partial charge in [-0.3, -0.25) is 14.8 Å². The van der Waals surface area contributed by atoms with Gasteiger partial charge in [0.1, 0.15) is 23.4 Å². The van der Waals surface area contributed by atoms with Gasteiger partial charge in [0.2, 0.25) is 5.91 Å². The summed E-state index contributed by atoms with van der Waals surface area (Å²) in [7, 11) is -1.76. The van der Waals surface area contributed by atoms with Crippen LogP contribution in [0.1, 0.15) is 13.8 Å². The zero-order valence-corrected chi connectivity index (χ0v) is 20.6. The standard InChI is InChI=1S/C24H27N3O7S/c1-16(15-32-3)33-20-12-18(23-6-5-11-27(23)24(29)26-25-17(2)28)13-21(14-20)34-19-7-9-22(10-8-19)35(4,30)31/h5-14,16H,15H2,1-4H3,(H,25,28)(H,26,29)/t16-/m0/s1. The SMILES string of the molecule is COC[C@H](C)Oc1cc(Oc2ccc(S(C)(=O)=O)cc2)cc(-c2cccn2C(=O)NNC(C)=O)c1. The van der Waals surface area contributed by atoms with Crippen LogP contribution in [0, 0.1) is 0 Å². The highest BCUT2D eigenvalue weighted by Gasteiger charge is 2.15. The number of methoxy groups -OCH3 is 1. The summed E-state index contributed by atoms with van der Waals surface area (Å²) >= 11 is 0. The highest BCUT2D eigenvalue weighted by atomic mass is 32.2. The van der Waals surface area contributed by atoms with Crippen LogP contribution in [-0.2, 0) is 19.4 Å². The van der Waals surface area contributed by atoms with Crippen LogP contribution < -0.4 is 20.3 Å². The molecule has 0 fully saturated rings. The van der Waals surface area contributed by atoms with Crippen molar-refractivity contribution in [1.29, 1.82) is 0 Å². The highest BCUT2D eigenvalue weighted by molar-refractivity contribution is 7.90. The molecule has 3 aromatic rings. The molecule has 10 nitrogen and oxygen atoms in total. The first-order valence-corrected chi connectivity index (χ1v) is 12.5. The largest absolute Gasteiger partial charge is 0.488 e. The van der Waals surface area contributed by atoms with E-state index in [2.05, 4.69) is 10.9 Å². The topological polar surface area (TPSA) is 125 Å². The lowest BCUT2D eigenvalue weighted by Gasteiger charge is -2.17. The van der Waals surface area contributed by atoms with Crippen LogP contribution in [0.25, 0.3) is 11.3 Å². The predicted molar refractivity (Wildman–Crippen MR) is 129 cm³/mol. The van der Waals surface area contributed by atoms with E-state index in [4.69, 9.17) is 14.2 Å². The van der Waals surface area contributed by atoms with Gasteiger partial charge in [-0.15, -0.1) is 0 Å². The van der Waals surface area contributed by atoms with Gasteiger partial charge >= 0.3 is 6.03 Å². The number of aromatic nitrogens is 1. The number of nitrogens with zero attached hydrogens (tertiary/aromatic N) is 1. The van der Waals surface area contributed by atoms with Gasteiger partial charge in [0, 0.05) is 38.1 Å². The molecule has 0 aliphatic heterocycles. The highest BCUT2D eigenvalue weighted by Crippen LogP contribution is 2.33. The van der Waals surface area contributed by atoms with Crippen LogP contribution >= 0.6 is 0 Å². The lowest BCUT2D eigenvalue weighted by molar-refractivity contribution is -0.119. The number of hydrogen-bond donors (Lipinski definition) is 2. The van der Waals surface area contributed by atoms with Crippen molar-refractivity contribution in [3.05, 3.63) is 60.8 Å². The van der Waals surface area contributed by atoms with Gasteiger partial charge in [-0.25, -0.2) is 18.6 Å². The Balaban J connectivity index is 1.96. The van der Waals surface area contributed by atoms with Crippen molar-refractivity contribution >= 4 is 21.8 Å². The van der Waals surface area contributed by atoms with Crippen molar-refractivity contribution in [3.8, 4) is 28.5 Å². The van der Waals surface area contributed by atoms with Gasteiger partial charge in [0.05, 0.1) is 17.2 Å². The predicted octanol–water partition coefficient (Wildman–Crippen LogP) is 3.37. The Kier molecular flexibility index (Phi) is 8.15. The quantitative estimate of drug-likeness (QED) is 0.453. The Morgan fingerprint density at radius 1 is 1.00 bits per heavy atom. The molecule has 3 rings (SSSR count). The molecule has 1 heterocycles. The summed E-state index contributed by atoms with van der Waals surface area (Å²) in [6.07, 6.45) is 2.43. The summed E-state index contributed by atoms with van der Waals surface area (Å²) in [4.78, 5) is 23.9. The van der Waals surface area contributed by atoms with Gasteiger partial charge in [0.15, 0.2) is 9.84 Å². The number of hydrogen-bond acceptors (Lipinski definition) is 7. The van der Waals surface area contributed by atoms with Crippen LogP contribution in [0.3, 0.4) is 0 Å². The van der Waals surface area contributed by atoms with Crippen LogP contribution in [-0.4, -0.2) is 51.0 Å². The maximum atomic E-state index is 12.6. The average Bonchev–Trinajstić information content (AvgIpc) is 3.27. The number of amides is 2. The minimum Gasteiger partial charge on any atom is -0.488 e. The number of sulfone groups is 1. The molecule has 0 unspecified atom stereocenters. The zero-order chi connectivity index (χ0) is 25.6. The zero-order valence-electron chi connectivity index (χ0n) is 19.8. The molecule has 1 aromatic heterocycles. The molecule has 2 N–H and O–H groups in total. The maximum absolute atomic E-state index is 12.6. The van der Waals surface area contributed by atoms with Crippen molar-refractivity contribution in [2.24, 2.45) is 0 Å². The summed E-state index contributed by atoms with van der Waals surface area (Å²) in [6.45, 7) is 3.50. The molecule has 0 aliphatic rings. The third-order valence-electron chi connectivity index (χ3n) is 4.72. The molecule has 2 aromatic carbocycles. The van der Waals surface area contributed by atoms with Gasteiger partial charge in [-0.2, -0.15) is 0 Å². The lowest BCUT2D eigenvalue weighted by Crippen LogP contribution is -2.42. The molecule has 2 amide bonds. The first-order valence-electron chi connectivity index (χ1n) is 10.6. The van der Waals surface area contributed by atoms with Crippen molar-refractivity contribution in [3.63, 3.8) is 0 Å². The second-order valence-corrected chi connectivity index (χ2v) is 9.81. The van der Waals surface area contributed by atoms with E-state index >= 15 is 0 Å². The second kappa shape index (κ2) is 11.1. The van der Waals surface area contributed by atoms with Crippen LogP contribution in [0.2, 0.25) is 0 Å². The summed E-state index contributed by atoms with van der Waals surface area (Å²) in [6, 6.07) is 14.1. The summed E-state index contributed by atoms with van der Waals surface area (Å²) in [5.74, 6) is 0.894. The van der Waals surface area contributed by atoms with Crippen molar-refractivity contribution < 1.29 is 32.2 Å². The number of hydrazine groups is 1. The molecule has 0 radical (unpaired) electrons. The first kappa shape index (κ1) is 25.8. The fourth-order valence-corrected chi connectivity index (χ4v) is 3.86. The smallest absolute Gasteiger partial charge is 0.344 e. The van der Waals surface area contributed by atoms with Crippen molar-refractivity contribution in [2.45, 2.75) is 24.8 Å². The van der Waals surface area contributed by atoms with Gasteiger partial charge < -0.3 is 14.2 Å². The Morgan fingerprint density at radius 2 is 1.69 bits per heavy atom. The van der Waals surface area contributed by atoms with E-state index < -0.39 is 21.8 Å². The molecule has 1 atom stereocenters. The van der Waals surface area contributed by atoms with E-state index in [1.165, 1.54) is 23.6 Å². The number of nitrogens with one attached hydrogen (secondary N) is 2. The Hall–Kier alpha value is -3.83. The Labute approximate surface area is 203 Å². The molecule has 0 saturated heterocycles. The molecule has 186 valence electrons. The number of benzene rings is 2. The third-order valence-corrected chi connectivity index (χ3v) is 5.84. The first-order chi connectivity index (χ1) is 16.6. The number of rotatable bonds is 8. The van der Waals surface area contributed by atoms with Gasteiger partial charge in [-0.05, 0) is 55.5 Å². The molecule has 35 heavy (non-hydrogen) atoms. The monoisotopic (exact) mass is 501 g/mol. The van der Waals surface area contributed by atoms with Crippen LogP contribution in [0.15, 0.2) is 65.7 Å². The fraction of sp³-hybridized carbons (Fsp3) is 0.250. The number of carbonyl (C=O) groups is 2. The summed E-state index contributed by atoms with van der Waals surface area (Å²) < 4.78 is 41.9. The van der Waals surface area contributed by atoms with E-state index in [0.717, 1.165) is 6.26 Å². The van der Waals surface area contributed by atoms with E-state index in [9.17, 15) is 18.0 Å². The number of ether oxygens (including phenoxy) is 3. The molecule has 0 bridgehead atoms. The molecular weight excluding hydrogens is 474 g/mol. The average molecular weight is 502 g/mol. The fourth-order valence-electron chi connectivity index (χ4n) is 3.23. The second-order valence-electron chi connectivity index (χ2n) is 7.80. The summed E-state index contributed by atoms with van der Waals surface area (Å²) in [5.41, 5.74) is 5.72. The van der Waals surface area contributed by atoms with Crippen LogP contribution in [0.5, 0.6) is 17.2 Å². The maximum Gasteiger partial charge on any atom is 0.344 e. The van der Waals surface area contributed by atoms with E-state index in [1.54, 1.807) is 55.8 Å². The van der Waals surface area contributed by atoms with Crippen molar-refractivity contribution in [2.75, 3.05) is 20.0 Å². The minimum absolute atomic E-state index is 0.180. The Morgan fingerprint density at radius 3 is 2.31 bits per heavy atom. The van der Waals surface area contributed by atoms with Crippen LogP contribution in [0.4, 0.5) is 4.79 Å². The van der Waals surface area contributed by atoms with Gasteiger partial charge in [0.25, 0.3) is 0 Å². The van der Waals surface area contributed by atoms with E-state index in [-0.39, 0.29) is 11.0 Å². The normalized spacial score (nSPS) is 12.0. The molecule has 11 heteroatoms. The molecule has 0 aliphatic carbocycles. The summed E-state index contributed by atoms with van der Waals surface area (Å²) in [5, 5.41) is 0. The Bertz CT molecular complexity index is 1300. The lowest BCUT2D eigenvalue weighted by atomic mass is 10.1. The molecular formula is C24H27N3O7S. The van der Waals surface area contributed by atoms with E-state index in [0.29, 0.717) is 35.1 Å². The third kappa shape index (κ3) is 7.08. The van der Waals surface area contributed by atoms with Gasteiger partial charge in [-0.1, -0.05) is 0 Å². The molecule has 0 saturated carbocycles. The van der Waals surface area contributed by atoms with E-state index in [1.807, 2.05) is 6.92 Å². The molecule has 0 spiro atoms. The number of carbonyl (C=O) groups excluding carboxylic acids is 2.